The molecule has 1 rings (SSSR count). The van der Waals surface area contributed by atoms with Crippen LogP contribution in [0.4, 0.5) is 0 Å². The summed E-state index contributed by atoms with van der Waals surface area (Å²) in [4.78, 5) is 0. The van der Waals surface area contributed by atoms with Crippen LogP contribution in [0.3, 0.4) is 0 Å². The van der Waals surface area contributed by atoms with Gasteiger partial charge in [-0.3, -0.25) is 0 Å². The summed E-state index contributed by atoms with van der Waals surface area (Å²) < 4.78 is 0. The van der Waals surface area contributed by atoms with Crippen LogP contribution >= 0.6 is 11.1 Å². The molecule has 0 amide bonds. The molecule has 0 saturated carbocycles. The second kappa shape index (κ2) is 5.35. The molecule has 0 saturated heterocycles. The third-order valence-corrected chi connectivity index (χ3v) is 4.71. The van der Waals surface area contributed by atoms with E-state index in [-0.39, 0.29) is 0 Å². The molecule has 1 atom stereocenters. The van der Waals surface area contributed by atoms with E-state index in [1.165, 1.54) is 5.19 Å². The lowest BCUT2D eigenvalue weighted by atomic mass is 10.4. The van der Waals surface area contributed by atoms with Gasteiger partial charge < -0.3 is 5.32 Å². The van der Waals surface area contributed by atoms with E-state index in [4.69, 9.17) is 11.1 Å². The van der Waals surface area contributed by atoms with Gasteiger partial charge in [-0.25, -0.2) is 0 Å². The molecule has 0 aromatic heterocycles. The first-order chi connectivity index (χ1) is 5.84. The second-order valence-corrected chi connectivity index (χ2v) is 6.28. The van der Waals surface area contributed by atoms with Gasteiger partial charge in [0.25, 0.3) is 0 Å². The summed E-state index contributed by atoms with van der Waals surface area (Å²) in [6.07, 6.45) is 0.974. The molecule has 0 heterocycles. The van der Waals surface area contributed by atoms with Crippen LogP contribution in [0.25, 0.3) is 0 Å². The Hall–Kier alpha value is -0.313. The summed E-state index contributed by atoms with van der Waals surface area (Å²) in [5.41, 5.74) is 0. The molecule has 1 aromatic carbocycles. The number of rotatable bonds is 4. The van der Waals surface area contributed by atoms with Gasteiger partial charge in [-0.1, -0.05) is 37.3 Å². The Labute approximate surface area is 80.1 Å². The third kappa shape index (κ3) is 2.97. The molecule has 0 radical (unpaired) electrons. The maximum Gasteiger partial charge on any atom is 0.184 e. The summed E-state index contributed by atoms with van der Waals surface area (Å²) in [5.74, 6) is 0. The first-order valence-corrected chi connectivity index (χ1v) is 7.38. The fourth-order valence-corrected chi connectivity index (χ4v) is 3.23. The standard InChI is InChI=1S/C9H14ClNSi/c1-2-11-8-12(10)9-6-4-3-5-7-9/h3-7,11-12H,2,8H2,1H3. The van der Waals surface area contributed by atoms with Crippen LogP contribution in [0, 0.1) is 0 Å². The molecule has 1 aromatic rings. The van der Waals surface area contributed by atoms with E-state index >= 15 is 0 Å². The maximum atomic E-state index is 6.26. The van der Waals surface area contributed by atoms with Gasteiger partial charge in [-0.2, -0.15) is 11.1 Å². The summed E-state index contributed by atoms with van der Waals surface area (Å²) >= 11 is 6.26. The van der Waals surface area contributed by atoms with Gasteiger partial charge in [0.15, 0.2) is 8.11 Å². The van der Waals surface area contributed by atoms with Crippen LogP contribution in [0.5, 0.6) is 0 Å². The fourth-order valence-electron chi connectivity index (χ4n) is 1.05. The molecule has 1 N–H and O–H groups in total. The van der Waals surface area contributed by atoms with Gasteiger partial charge in [0, 0.05) is 6.17 Å². The highest BCUT2D eigenvalue weighted by Crippen LogP contribution is 1.91. The highest BCUT2D eigenvalue weighted by molar-refractivity contribution is 7.14. The topological polar surface area (TPSA) is 12.0 Å². The van der Waals surface area contributed by atoms with Crippen molar-refractivity contribution in [3.63, 3.8) is 0 Å². The van der Waals surface area contributed by atoms with Gasteiger partial charge in [-0.15, -0.1) is 0 Å². The number of hydrogen-bond donors (Lipinski definition) is 1. The lowest BCUT2D eigenvalue weighted by Gasteiger charge is -2.07. The van der Waals surface area contributed by atoms with E-state index < -0.39 is 8.11 Å². The Bertz CT molecular complexity index is 215. The lowest BCUT2D eigenvalue weighted by Crippen LogP contribution is -2.36. The second-order valence-electron chi connectivity index (χ2n) is 2.69. The van der Waals surface area contributed by atoms with E-state index in [9.17, 15) is 0 Å². The van der Waals surface area contributed by atoms with Crippen LogP contribution in [0.1, 0.15) is 6.92 Å². The van der Waals surface area contributed by atoms with Crippen molar-refractivity contribution in [2.45, 2.75) is 6.92 Å². The van der Waals surface area contributed by atoms with Gasteiger partial charge in [0.1, 0.15) is 0 Å². The number of hydrogen-bond acceptors (Lipinski definition) is 1. The molecular weight excluding hydrogens is 186 g/mol. The predicted octanol–water partition coefficient (Wildman–Crippen LogP) is 1.00. The molecule has 0 spiro atoms. The van der Waals surface area contributed by atoms with Crippen LogP contribution in [0.2, 0.25) is 0 Å². The van der Waals surface area contributed by atoms with Crippen molar-refractivity contribution in [3.05, 3.63) is 30.3 Å². The highest BCUT2D eigenvalue weighted by Gasteiger charge is 2.07. The van der Waals surface area contributed by atoms with Crippen molar-refractivity contribution in [3.8, 4) is 0 Å². The van der Waals surface area contributed by atoms with Crippen LogP contribution < -0.4 is 10.5 Å². The van der Waals surface area contributed by atoms with Crippen LogP contribution in [-0.2, 0) is 0 Å². The van der Waals surface area contributed by atoms with Crippen molar-refractivity contribution in [1.29, 1.82) is 0 Å². The van der Waals surface area contributed by atoms with E-state index in [0.717, 1.165) is 12.7 Å². The minimum atomic E-state index is -1.22. The molecule has 0 aliphatic rings. The largest absolute Gasteiger partial charge is 0.318 e. The summed E-state index contributed by atoms with van der Waals surface area (Å²) in [6, 6.07) is 10.3. The summed E-state index contributed by atoms with van der Waals surface area (Å²) in [6.45, 7) is 3.10. The Balaban J connectivity index is 2.48. The van der Waals surface area contributed by atoms with E-state index in [2.05, 4.69) is 24.4 Å². The zero-order chi connectivity index (χ0) is 8.81. The number of nitrogens with one attached hydrogen (secondary N) is 1. The van der Waals surface area contributed by atoms with Crippen molar-refractivity contribution >= 4 is 24.4 Å². The van der Waals surface area contributed by atoms with Gasteiger partial charge in [-0.05, 0) is 11.7 Å². The van der Waals surface area contributed by atoms with Crippen molar-refractivity contribution in [2.75, 3.05) is 12.7 Å². The van der Waals surface area contributed by atoms with Gasteiger partial charge in [0.05, 0.1) is 0 Å². The third-order valence-electron chi connectivity index (χ3n) is 1.73. The molecule has 12 heavy (non-hydrogen) atoms. The average Bonchev–Trinajstić information content (AvgIpc) is 2.15. The summed E-state index contributed by atoms with van der Waals surface area (Å²) in [7, 11) is -1.22. The first kappa shape index (κ1) is 9.77. The van der Waals surface area contributed by atoms with E-state index in [1.807, 2.05) is 18.2 Å². The van der Waals surface area contributed by atoms with Crippen LogP contribution in [0.15, 0.2) is 30.3 Å². The van der Waals surface area contributed by atoms with Crippen LogP contribution in [-0.4, -0.2) is 20.8 Å². The normalized spacial score (nSPS) is 12.8. The molecule has 1 unspecified atom stereocenters. The molecule has 1 nitrogen and oxygen atoms in total. The molecule has 0 aliphatic heterocycles. The van der Waals surface area contributed by atoms with Crippen molar-refractivity contribution < 1.29 is 0 Å². The van der Waals surface area contributed by atoms with Crippen molar-refractivity contribution in [1.82, 2.24) is 5.32 Å². The van der Waals surface area contributed by atoms with Gasteiger partial charge in [0.2, 0.25) is 0 Å². The first-order valence-electron chi connectivity index (χ1n) is 4.24. The molecule has 0 fully saturated rings. The minimum Gasteiger partial charge on any atom is -0.318 e. The molecule has 0 bridgehead atoms. The average molecular weight is 200 g/mol. The molecule has 3 heteroatoms. The zero-order valence-electron chi connectivity index (χ0n) is 7.26. The zero-order valence-corrected chi connectivity index (χ0v) is 9.17. The SMILES string of the molecule is CCNC[SiH](Cl)c1ccccc1. The maximum absolute atomic E-state index is 6.26. The van der Waals surface area contributed by atoms with Crippen molar-refractivity contribution in [2.24, 2.45) is 0 Å². The minimum absolute atomic E-state index is 0.974. The smallest absolute Gasteiger partial charge is 0.184 e. The molecule has 0 aliphatic carbocycles. The number of halogens is 1. The monoisotopic (exact) mass is 199 g/mol. The number of benzene rings is 1. The van der Waals surface area contributed by atoms with E-state index in [0.29, 0.717) is 0 Å². The lowest BCUT2D eigenvalue weighted by molar-refractivity contribution is 0.830. The Morgan fingerprint density at radius 3 is 2.58 bits per heavy atom. The Kier molecular flexibility index (Phi) is 4.36. The highest BCUT2D eigenvalue weighted by atomic mass is 35.6. The Morgan fingerprint density at radius 2 is 2.00 bits per heavy atom. The molecule has 66 valence electrons. The fraction of sp³-hybridized carbons (Fsp3) is 0.333. The quantitative estimate of drug-likeness (QED) is 0.564. The Morgan fingerprint density at radius 1 is 1.33 bits per heavy atom. The van der Waals surface area contributed by atoms with E-state index in [1.54, 1.807) is 0 Å². The van der Waals surface area contributed by atoms with Gasteiger partial charge >= 0.3 is 0 Å². The summed E-state index contributed by atoms with van der Waals surface area (Å²) in [5, 5.41) is 4.60. The predicted molar refractivity (Wildman–Crippen MR) is 57.6 cm³/mol. The molecular formula is C9H14ClNSi.